The highest BCUT2D eigenvalue weighted by molar-refractivity contribution is 7.89. The van der Waals surface area contributed by atoms with E-state index in [4.69, 9.17) is 0 Å². The van der Waals surface area contributed by atoms with Gasteiger partial charge in [-0.15, -0.1) is 0 Å². The molecule has 1 unspecified atom stereocenters. The van der Waals surface area contributed by atoms with Crippen LogP contribution in [0.3, 0.4) is 0 Å². The number of hydrogen-bond donors (Lipinski definition) is 2. The van der Waals surface area contributed by atoms with Gasteiger partial charge < -0.3 is 10.4 Å². The maximum Gasteiger partial charge on any atom is 0.329 e. The van der Waals surface area contributed by atoms with Crippen molar-refractivity contribution in [1.82, 2.24) is 9.62 Å². The molecular weight excluding hydrogens is 332 g/mol. The van der Waals surface area contributed by atoms with E-state index in [9.17, 15) is 23.1 Å². The van der Waals surface area contributed by atoms with E-state index >= 15 is 0 Å². The number of carboxylic acid groups (broad SMARTS) is 1. The fraction of sp³-hybridized carbons (Fsp3) is 0.500. The Hall–Kier alpha value is -1.93. The first-order valence-electron chi connectivity index (χ1n) is 7.78. The van der Waals surface area contributed by atoms with Crippen LogP contribution >= 0.6 is 0 Å². The molecule has 7 nitrogen and oxygen atoms in total. The minimum absolute atomic E-state index is 0.0965. The van der Waals surface area contributed by atoms with Gasteiger partial charge in [-0.1, -0.05) is 20.8 Å². The highest BCUT2D eigenvalue weighted by atomic mass is 32.2. The average Bonchev–Trinajstić information content (AvgIpc) is 2.55. The molecular formula is C16H24N2O5S. The fourth-order valence-electron chi connectivity index (χ4n) is 2.11. The van der Waals surface area contributed by atoms with E-state index in [-0.39, 0.29) is 16.9 Å². The smallest absolute Gasteiger partial charge is 0.329 e. The monoisotopic (exact) mass is 356 g/mol. The van der Waals surface area contributed by atoms with Gasteiger partial charge in [0.05, 0.1) is 4.90 Å². The molecule has 0 fully saturated rings. The molecule has 1 amide bonds. The van der Waals surface area contributed by atoms with Crippen LogP contribution in [0.15, 0.2) is 29.2 Å². The van der Waals surface area contributed by atoms with Crippen molar-refractivity contribution in [1.29, 1.82) is 0 Å². The summed E-state index contributed by atoms with van der Waals surface area (Å²) in [5.41, 5.74) is -1.17. The second kappa shape index (κ2) is 7.76. The predicted molar refractivity (Wildman–Crippen MR) is 90.3 cm³/mol. The molecule has 1 rings (SSSR count). The van der Waals surface area contributed by atoms with Crippen LogP contribution in [0.4, 0.5) is 0 Å². The third kappa shape index (κ3) is 4.12. The molecule has 0 aliphatic carbocycles. The molecule has 0 aliphatic rings. The average molecular weight is 356 g/mol. The van der Waals surface area contributed by atoms with Crippen LogP contribution in [0, 0.1) is 0 Å². The van der Waals surface area contributed by atoms with Gasteiger partial charge in [-0.05, 0) is 37.6 Å². The second-order valence-electron chi connectivity index (χ2n) is 5.56. The number of hydrogen-bond acceptors (Lipinski definition) is 4. The summed E-state index contributed by atoms with van der Waals surface area (Å²) < 4.78 is 26.1. The first-order valence-corrected chi connectivity index (χ1v) is 9.22. The van der Waals surface area contributed by atoms with Crippen LogP contribution in [0.2, 0.25) is 0 Å². The molecule has 134 valence electrons. The molecule has 0 bridgehead atoms. The van der Waals surface area contributed by atoms with Crippen molar-refractivity contribution in [3.8, 4) is 0 Å². The number of amides is 1. The van der Waals surface area contributed by atoms with Crippen LogP contribution in [0.25, 0.3) is 0 Å². The number of benzene rings is 1. The first kappa shape index (κ1) is 20.1. The van der Waals surface area contributed by atoms with Crippen molar-refractivity contribution in [3.63, 3.8) is 0 Å². The van der Waals surface area contributed by atoms with Crippen molar-refractivity contribution in [2.24, 2.45) is 0 Å². The second-order valence-corrected chi connectivity index (χ2v) is 7.50. The molecule has 0 aliphatic heterocycles. The Labute approximate surface area is 142 Å². The lowest BCUT2D eigenvalue weighted by Crippen LogP contribution is -2.51. The van der Waals surface area contributed by atoms with Crippen molar-refractivity contribution >= 4 is 21.9 Å². The minimum Gasteiger partial charge on any atom is -0.480 e. The molecule has 0 heterocycles. The highest BCUT2D eigenvalue weighted by Gasteiger charge is 2.33. The molecule has 0 saturated heterocycles. The summed E-state index contributed by atoms with van der Waals surface area (Å²) in [5, 5.41) is 11.7. The fourth-order valence-corrected chi connectivity index (χ4v) is 3.56. The standard InChI is InChI=1S/C16H24N2O5S/c1-5-16(4,15(20)21)17-14(19)12-8-10-13(11-9-12)24(22,23)18(6-2)7-3/h8-11H,5-7H2,1-4H3,(H,17,19)(H,20,21). The summed E-state index contributed by atoms with van der Waals surface area (Å²) in [4.78, 5) is 23.5. The van der Waals surface area contributed by atoms with Crippen LogP contribution in [-0.4, -0.2) is 48.3 Å². The summed E-state index contributed by atoms with van der Waals surface area (Å²) in [7, 11) is -3.59. The first-order chi connectivity index (χ1) is 11.1. The summed E-state index contributed by atoms with van der Waals surface area (Å²) >= 11 is 0. The van der Waals surface area contributed by atoms with Crippen LogP contribution in [-0.2, 0) is 14.8 Å². The normalized spacial score (nSPS) is 14.2. The zero-order valence-corrected chi connectivity index (χ0v) is 15.2. The van der Waals surface area contributed by atoms with Crippen molar-refractivity contribution < 1.29 is 23.1 Å². The number of nitrogens with zero attached hydrogens (tertiary/aromatic N) is 1. The summed E-state index contributed by atoms with van der Waals surface area (Å²) in [6.45, 7) is 7.30. The van der Waals surface area contributed by atoms with Gasteiger partial charge in [-0.2, -0.15) is 4.31 Å². The number of carbonyl (C=O) groups excluding carboxylic acids is 1. The van der Waals surface area contributed by atoms with E-state index in [0.717, 1.165) is 0 Å². The summed E-state index contributed by atoms with van der Waals surface area (Å²) in [5.74, 6) is -1.69. The molecule has 1 aromatic rings. The zero-order chi connectivity index (χ0) is 18.5. The van der Waals surface area contributed by atoms with E-state index in [0.29, 0.717) is 13.1 Å². The Bertz CT molecular complexity index is 696. The van der Waals surface area contributed by atoms with Gasteiger partial charge in [0.15, 0.2) is 0 Å². The Morgan fingerprint density at radius 2 is 1.62 bits per heavy atom. The van der Waals surface area contributed by atoms with E-state index < -0.39 is 27.4 Å². The van der Waals surface area contributed by atoms with Crippen molar-refractivity contribution in [2.75, 3.05) is 13.1 Å². The molecule has 1 aromatic carbocycles. The van der Waals surface area contributed by atoms with Gasteiger partial charge >= 0.3 is 5.97 Å². The molecule has 1 atom stereocenters. The molecule has 0 radical (unpaired) electrons. The number of carbonyl (C=O) groups is 2. The molecule has 24 heavy (non-hydrogen) atoms. The lowest BCUT2D eigenvalue weighted by atomic mass is 9.98. The third-order valence-electron chi connectivity index (χ3n) is 4.03. The maximum absolute atomic E-state index is 12.4. The lowest BCUT2D eigenvalue weighted by Gasteiger charge is -2.24. The topological polar surface area (TPSA) is 104 Å². The Morgan fingerprint density at radius 3 is 2.00 bits per heavy atom. The number of rotatable bonds is 8. The summed E-state index contributed by atoms with van der Waals surface area (Å²) in [6, 6.07) is 5.46. The number of carboxylic acids is 1. The van der Waals surface area contributed by atoms with Gasteiger partial charge in [0.1, 0.15) is 5.54 Å². The zero-order valence-electron chi connectivity index (χ0n) is 14.4. The van der Waals surface area contributed by atoms with Crippen LogP contribution < -0.4 is 5.32 Å². The van der Waals surface area contributed by atoms with E-state index in [1.165, 1.54) is 35.5 Å². The Kier molecular flexibility index (Phi) is 6.50. The molecule has 2 N–H and O–H groups in total. The van der Waals surface area contributed by atoms with Crippen LogP contribution in [0.5, 0.6) is 0 Å². The Balaban J connectivity index is 3.03. The van der Waals surface area contributed by atoms with Gasteiger partial charge in [-0.25, -0.2) is 13.2 Å². The third-order valence-corrected chi connectivity index (χ3v) is 6.09. The molecule has 0 spiro atoms. The van der Waals surface area contributed by atoms with Crippen molar-refractivity contribution in [2.45, 2.75) is 44.6 Å². The number of aliphatic carboxylic acids is 1. The minimum atomic E-state index is -3.59. The largest absolute Gasteiger partial charge is 0.480 e. The van der Waals surface area contributed by atoms with Crippen molar-refractivity contribution in [3.05, 3.63) is 29.8 Å². The molecule has 0 aromatic heterocycles. The SMILES string of the molecule is CCN(CC)S(=O)(=O)c1ccc(C(=O)NC(C)(CC)C(=O)O)cc1. The van der Waals surface area contributed by atoms with Gasteiger partial charge in [0.2, 0.25) is 10.0 Å². The number of sulfonamides is 1. The molecule has 0 saturated carbocycles. The Morgan fingerprint density at radius 1 is 1.12 bits per heavy atom. The summed E-state index contributed by atoms with van der Waals surface area (Å²) in [6.07, 6.45) is 0.225. The van der Waals surface area contributed by atoms with Gasteiger partial charge in [-0.3, -0.25) is 4.79 Å². The predicted octanol–water partition coefficient (Wildman–Crippen LogP) is 1.70. The maximum atomic E-state index is 12.4. The van der Waals surface area contributed by atoms with Crippen LogP contribution in [0.1, 0.15) is 44.5 Å². The molecule has 8 heteroatoms. The quantitative estimate of drug-likeness (QED) is 0.738. The van der Waals surface area contributed by atoms with E-state index in [1.54, 1.807) is 20.8 Å². The van der Waals surface area contributed by atoms with Gasteiger partial charge in [0, 0.05) is 18.7 Å². The number of nitrogens with one attached hydrogen (secondary N) is 1. The van der Waals surface area contributed by atoms with E-state index in [1.807, 2.05) is 0 Å². The lowest BCUT2D eigenvalue weighted by molar-refractivity contribution is -0.143. The highest BCUT2D eigenvalue weighted by Crippen LogP contribution is 2.17. The van der Waals surface area contributed by atoms with Gasteiger partial charge in [0.25, 0.3) is 5.91 Å². The van der Waals surface area contributed by atoms with E-state index in [2.05, 4.69) is 5.32 Å².